The van der Waals surface area contributed by atoms with Crippen molar-refractivity contribution in [3.05, 3.63) is 40.4 Å². The van der Waals surface area contributed by atoms with E-state index >= 15 is 0 Å². The van der Waals surface area contributed by atoms with Gasteiger partial charge in [-0.3, -0.25) is 0 Å². The number of carbonyl (C=O) groups is 1. The second-order valence-corrected chi connectivity index (χ2v) is 4.89. The SMILES string of the molecule is COc1ccccc1CNc1nc(C)c(C(=O)[O-])s1. The molecule has 0 fully saturated rings. The minimum Gasteiger partial charge on any atom is -0.544 e. The summed E-state index contributed by atoms with van der Waals surface area (Å²) in [6, 6.07) is 7.62. The van der Waals surface area contributed by atoms with Crippen LogP contribution >= 0.6 is 11.3 Å². The second kappa shape index (κ2) is 5.71. The number of methoxy groups -OCH3 is 1. The van der Waals surface area contributed by atoms with E-state index < -0.39 is 5.97 Å². The summed E-state index contributed by atoms with van der Waals surface area (Å²) in [4.78, 5) is 15.1. The fourth-order valence-electron chi connectivity index (χ4n) is 1.68. The molecular weight excluding hydrogens is 264 g/mol. The average Bonchev–Trinajstić information content (AvgIpc) is 2.78. The second-order valence-electron chi connectivity index (χ2n) is 3.89. The molecule has 0 spiro atoms. The molecule has 1 aromatic carbocycles. The molecule has 0 aliphatic rings. The van der Waals surface area contributed by atoms with Gasteiger partial charge in [0, 0.05) is 12.1 Å². The van der Waals surface area contributed by atoms with E-state index in [2.05, 4.69) is 10.3 Å². The van der Waals surface area contributed by atoms with Gasteiger partial charge in [-0.1, -0.05) is 29.5 Å². The zero-order valence-corrected chi connectivity index (χ0v) is 11.4. The van der Waals surface area contributed by atoms with Gasteiger partial charge in [0.1, 0.15) is 5.75 Å². The molecule has 19 heavy (non-hydrogen) atoms. The van der Waals surface area contributed by atoms with Gasteiger partial charge in [-0.05, 0) is 13.0 Å². The highest BCUT2D eigenvalue weighted by Gasteiger charge is 2.09. The topological polar surface area (TPSA) is 74.3 Å². The molecular formula is C13H13N2O3S-. The van der Waals surface area contributed by atoms with Crippen molar-refractivity contribution in [2.75, 3.05) is 12.4 Å². The van der Waals surface area contributed by atoms with Gasteiger partial charge in [0.25, 0.3) is 0 Å². The number of para-hydroxylation sites is 1. The van der Waals surface area contributed by atoms with Gasteiger partial charge in [-0.2, -0.15) is 0 Å². The molecule has 2 aromatic rings. The summed E-state index contributed by atoms with van der Waals surface area (Å²) in [5.74, 6) is -0.413. The van der Waals surface area contributed by atoms with Gasteiger partial charge >= 0.3 is 0 Å². The Morgan fingerprint density at radius 2 is 2.21 bits per heavy atom. The number of nitrogens with one attached hydrogen (secondary N) is 1. The number of benzene rings is 1. The van der Waals surface area contributed by atoms with Crippen molar-refractivity contribution in [1.82, 2.24) is 4.98 Å². The minimum absolute atomic E-state index is 0.155. The predicted molar refractivity (Wildman–Crippen MR) is 71.5 cm³/mol. The molecule has 1 heterocycles. The van der Waals surface area contributed by atoms with E-state index in [1.54, 1.807) is 14.0 Å². The van der Waals surface area contributed by atoms with E-state index in [1.165, 1.54) is 0 Å². The van der Waals surface area contributed by atoms with E-state index in [4.69, 9.17) is 4.74 Å². The predicted octanol–water partition coefficient (Wildman–Crippen LogP) is 1.44. The number of aryl methyl sites for hydroxylation is 1. The molecule has 0 atom stereocenters. The number of thiazole rings is 1. The number of carboxylic acids is 1. The summed E-state index contributed by atoms with van der Waals surface area (Å²) in [7, 11) is 1.61. The van der Waals surface area contributed by atoms with Crippen LogP contribution in [0.15, 0.2) is 24.3 Å². The summed E-state index contributed by atoms with van der Waals surface area (Å²) < 4.78 is 5.24. The lowest BCUT2D eigenvalue weighted by molar-refractivity contribution is -0.254. The highest BCUT2D eigenvalue weighted by atomic mass is 32.1. The summed E-state index contributed by atoms with van der Waals surface area (Å²) in [6.45, 7) is 2.17. The van der Waals surface area contributed by atoms with Gasteiger partial charge in [0.15, 0.2) is 5.13 Å². The molecule has 6 heteroatoms. The number of hydrogen-bond donors (Lipinski definition) is 1. The lowest BCUT2D eigenvalue weighted by Gasteiger charge is -2.08. The standard InChI is InChI=1S/C13H14N2O3S/c1-8-11(12(16)17)19-13(15-8)14-7-9-5-3-4-6-10(9)18-2/h3-6H,7H2,1-2H3,(H,14,15)(H,16,17)/p-1. The third-order valence-electron chi connectivity index (χ3n) is 2.60. The highest BCUT2D eigenvalue weighted by molar-refractivity contribution is 7.17. The van der Waals surface area contributed by atoms with Crippen molar-refractivity contribution >= 4 is 22.4 Å². The van der Waals surface area contributed by atoms with Crippen LogP contribution in [-0.4, -0.2) is 18.1 Å². The first-order valence-corrected chi connectivity index (χ1v) is 6.48. The molecule has 100 valence electrons. The number of carboxylic acid groups (broad SMARTS) is 1. The quantitative estimate of drug-likeness (QED) is 0.895. The van der Waals surface area contributed by atoms with Crippen molar-refractivity contribution in [3.8, 4) is 5.75 Å². The molecule has 0 unspecified atom stereocenters. The maximum absolute atomic E-state index is 10.8. The first kappa shape index (κ1) is 13.4. The van der Waals surface area contributed by atoms with E-state index in [0.29, 0.717) is 17.4 Å². The van der Waals surface area contributed by atoms with Crippen LogP contribution in [0.4, 0.5) is 5.13 Å². The molecule has 0 bridgehead atoms. The molecule has 0 saturated heterocycles. The zero-order valence-electron chi connectivity index (χ0n) is 10.6. The molecule has 5 nitrogen and oxygen atoms in total. The Balaban J connectivity index is 2.10. The molecule has 0 aliphatic heterocycles. The van der Waals surface area contributed by atoms with Crippen LogP contribution in [0.1, 0.15) is 20.9 Å². The molecule has 0 amide bonds. The van der Waals surface area contributed by atoms with Crippen molar-refractivity contribution in [2.24, 2.45) is 0 Å². The Bertz CT molecular complexity index is 595. The van der Waals surface area contributed by atoms with Crippen LogP contribution in [0.2, 0.25) is 0 Å². The first-order chi connectivity index (χ1) is 9.11. The fourth-order valence-corrected chi connectivity index (χ4v) is 2.48. The highest BCUT2D eigenvalue weighted by Crippen LogP contribution is 2.24. The van der Waals surface area contributed by atoms with Crippen LogP contribution in [0.25, 0.3) is 0 Å². The van der Waals surface area contributed by atoms with E-state index in [1.807, 2.05) is 24.3 Å². The lowest BCUT2D eigenvalue weighted by Crippen LogP contribution is -2.21. The Labute approximate surface area is 114 Å². The van der Waals surface area contributed by atoms with Crippen LogP contribution in [0.3, 0.4) is 0 Å². The molecule has 0 aliphatic carbocycles. The van der Waals surface area contributed by atoms with Gasteiger partial charge in [0.05, 0.1) is 23.7 Å². The smallest absolute Gasteiger partial charge is 0.183 e. The summed E-state index contributed by atoms with van der Waals surface area (Å²) in [6.07, 6.45) is 0. The van der Waals surface area contributed by atoms with Gasteiger partial charge in [-0.15, -0.1) is 0 Å². The van der Waals surface area contributed by atoms with Crippen molar-refractivity contribution in [2.45, 2.75) is 13.5 Å². The number of hydrogen-bond acceptors (Lipinski definition) is 6. The normalized spacial score (nSPS) is 10.2. The number of carbonyl (C=O) groups excluding carboxylic acids is 1. The number of anilines is 1. The Kier molecular flexibility index (Phi) is 4.01. The number of aromatic nitrogens is 1. The van der Waals surface area contributed by atoms with E-state index in [9.17, 15) is 9.90 Å². The number of rotatable bonds is 5. The molecule has 1 N–H and O–H groups in total. The van der Waals surface area contributed by atoms with Crippen LogP contribution < -0.4 is 15.2 Å². The van der Waals surface area contributed by atoms with Crippen molar-refractivity contribution in [3.63, 3.8) is 0 Å². The van der Waals surface area contributed by atoms with Crippen LogP contribution in [0.5, 0.6) is 5.75 Å². The number of aromatic carboxylic acids is 1. The maximum Gasteiger partial charge on any atom is 0.183 e. The summed E-state index contributed by atoms with van der Waals surface area (Å²) in [5, 5.41) is 14.5. The largest absolute Gasteiger partial charge is 0.544 e. The summed E-state index contributed by atoms with van der Waals surface area (Å²) >= 11 is 1.08. The third-order valence-corrected chi connectivity index (χ3v) is 3.70. The maximum atomic E-state index is 10.8. The average molecular weight is 277 g/mol. The molecule has 0 saturated carbocycles. The zero-order chi connectivity index (χ0) is 13.8. The van der Waals surface area contributed by atoms with Gasteiger partial charge in [0.2, 0.25) is 0 Å². The number of ether oxygens (including phenoxy) is 1. The van der Waals surface area contributed by atoms with E-state index in [-0.39, 0.29) is 4.88 Å². The Hall–Kier alpha value is -2.08. The lowest BCUT2D eigenvalue weighted by atomic mass is 10.2. The Morgan fingerprint density at radius 3 is 2.84 bits per heavy atom. The third kappa shape index (κ3) is 3.03. The Morgan fingerprint density at radius 1 is 1.47 bits per heavy atom. The van der Waals surface area contributed by atoms with Crippen molar-refractivity contribution in [1.29, 1.82) is 0 Å². The van der Waals surface area contributed by atoms with E-state index in [0.717, 1.165) is 22.6 Å². The van der Waals surface area contributed by atoms with Crippen LogP contribution in [0, 0.1) is 6.92 Å². The van der Waals surface area contributed by atoms with Gasteiger partial charge < -0.3 is 20.0 Å². The summed E-state index contributed by atoms with van der Waals surface area (Å²) in [5.41, 5.74) is 1.44. The monoisotopic (exact) mass is 277 g/mol. The van der Waals surface area contributed by atoms with Gasteiger partial charge in [-0.25, -0.2) is 4.98 Å². The molecule has 2 rings (SSSR count). The van der Waals surface area contributed by atoms with Crippen molar-refractivity contribution < 1.29 is 14.6 Å². The molecule has 1 aromatic heterocycles. The fraction of sp³-hybridized carbons (Fsp3) is 0.231. The number of nitrogens with zero attached hydrogens (tertiary/aromatic N) is 1. The van der Waals surface area contributed by atoms with Crippen LogP contribution in [-0.2, 0) is 6.54 Å². The molecule has 0 radical (unpaired) electrons. The first-order valence-electron chi connectivity index (χ1n) is 5.66. The minimum atomic E-state index is -1.19.